The number of nitrogens with zero attached hydrogens (tertiary/aromatic N) is 2. The molecule has 0 radical (unpaired) electrons. The Morgan fingerprint density at radius 2 is 1.88 bits per heavy atom. The number of non-ortho nitro benzene ring substituents is 1. The number of ether oxygens (including phenoxy) is 1. The van der Waals surface area contributed by atoms with Gasteiger partial charge in [0.15, 0.2) is 5.75 Å². The van der Waals surface area contributed by atoms with Crippen molar-refractivity contribution >= 4 is 45.7 Å². The Morgan fingerprint density at radius 3 is 2.42 bits per heavy atom. The first kappa shape index (κ1) is 17.1. The molecule has 124 valence electrons. The third kappa shape index (κ3) is 3.83. The minimum absolute atomic E-state index is 0.0361. The van der Waals surface area contributed by atoms with E-state index >= 15 is 0 Å². The summed E-state index contributed by atoms with van der Waals surface area (Å²) < 4.78 is 5.69. The number of benzene rings is 2. The Hall–Kier alpha value is -1.76. The lowest BCUT2D eigenvalue weighted by Gasteiger charge is -2.12. The molecule has 1 aliphatic rings. The third-order valence-corrected chi connectivity index (χ3v) is 4.95. The van der Waals surface area contributed by atoms with Crippen LogP contribution in [0.5, 0.6) is 5.75 Å². The normalized spacial score (nSPS) is 13.7. The fraction of sp³-hybridized carbons (Fsp3) is 0.188. The average Bonchev–Trinajstić information content (AvgIpc) is 3.09. The number of hydrogen-bond acceptors (Lipinski definition) is 5. The quantitative estimate of drug-likeness (QED) is 0.540. The highest BCUT2D eigenvalue weighted by atomic mass is 35.5. The number of thioether (sulfide) groups is 1. The first-order valence-electron chi connectivity index (χ1n) is 7.07. The van der Waals surface area contributed by atoms with Gasteiger partial charge in [0.25, 0.3) is 5.69 Å². The summed E-state index contributed by atoms with van der Waals surface area (Å²) >= 11 is 14.2. The van der Waals surface area contributed by atoms with Gasteiger partial charge in [0, 0.05) is 30.0 Å². The molecule has 3 rings (SSSR count). The van der Waals surface area contributed by atoms with E-state index < -0.39 is 4.92 Å². The van der Waals surface area contributed by atoms with Crippen LogP contribution in [-0.2, 0) is 6.61 Å². The van der Waals surface area contributed by atoms with Gasteiger partial charge >= 0.3 is 0 Å². The van der Waals surface area contributed by atoms with Gasteiger partial charge in [-0.05, 0) is 29.8 Å². The fourth-order valence-electron chi connectivity index (χ4n) is 2.20. The summed E-state index contributed by atoms with van der Waals surface area (Å²) in [6.45, 7) is 1.01. The van der Waals surface area contributed by atoms with Gasteiger partial charge in [-0.15, -0.1) is 11.8 Å². The van der Waals surface area contributed by atoms with Crippen molar-refractivity contribution in [1.82, 2.24) is 0 Å². The zero-order valence-electron chi connectivity index (χ0n) is 12.4. The van der Waals surface area contributed by atoms with Gasteiger partial charge in [-0.2, -0.15) is 0 Å². The molecule has 0 bridgehead atoms. The van der Waals surface area contributed by atoms with Crippen molar-refractivity contribution in [1.29, 1.82) is 0 Å². The van der Waals surface area contributed by atoms with Gasteiger partial charge < -0.3 is 4.74 Å². The van der Waals surface area contributed by atoms with Gasteiger partial charge in [-0.3, -0.25) is 15.1 Å². The largest absolute Gasteiger partial charge is 0.486 e. The molecule has 0 saturated carbocycles. The molecule has 1 aliphatic heterocycles. The first-order valence-corrected chi connectivity index (χ1v) is 8.81. The summed E-state index contributed by atoms with van der Waals surface area (Å²) in [4.78, 5) is 14.6. The topological polar surface area (TPSA) is 64.7 Å². The highest BCUT2D eigenvalue weighted by Gasteiger charge is 2.16. The SMILES string of the molecule is O=[N+]([O-])c1ccc(COc2c(Cl)cc(C3=NCCS3)cc2Cl)cc1. The minimum atomic E-state index is -0.444. The van der Waals surface area contributed by atoms with Crippen molar-refractivity contribution in [3.8, 4) is 5.75 Å². The molecule has 0 fully saturated rings. The lowest BCUT2D eigenvalue weighted by molar-refractivity contribution is -0.384. The fourth-order valence-corrected chi connectivity index (χ4v) is 3.64. The average molecular weight is 383 g/mol. The van der Waals surface area contributed by atoms with Gasteiger partial charge in [-0.25, -0.2) is 0 Å². The summed E-state index contributed by atoms with van der Waals surface area (Å²) in [6.07, 6.45) is 0. The highest BCUT2D eigenvalue weighted by Crippen LogP contribution is 2.36. The second-order valence-corrected chi connectivity index (χ2v) is 6.91. The van der Waals surface area contributed by atoms with Gasteiger partial charge in [0.1, 0.15) is 6.61 Å². The van der Waals surface area contributed by atoms with E-state index in [1.165, 1.54) is 12.1 Å². The molecular weight excluding hydrogens is 371 g/mol. The van der Waals surface area contributed by atoms with Crippen LogP contribution in [0.3, 0.4) is 0 Å². The maximum absolute atomic E-state index is 10.6. The van der Waals surface area contributed by atoms with Crippen LogP contribution in [0.1, 0.15) is 11.1 Å². The summed E-state index contributed by atoms with van der Waals surface area (Å²) in [7, 11) is 0. The first-order chi connectivity index (χ1) is 11.5. The highest BCUT2D eigenvalue weighted by molar-refractivity contribution is 8.14. The molecular formula is C16H12Cl2N2O3S. The van der Waals surface area contributed by atoms with Gasteiger partial charge in [0.05, 0.1) is 20.0 Å². The zero-order chi connectivity index (χ0) is 17.1. The molecule has 0 aromatic heterocycles. The van der Waals surface area contributed by atoms with E-state index in [1.54, 1.807) is 36.0 Å². The maximum Gasteiger partial charge on any atom is 0.269 e. The monoisotopic (exact) mass is 382 g/mol. The van der Waals surface area contributed by atoms with Crippen LogP contribution >= 0.6 is 35.0 Å². The molecule has 0 atom stereocenters. The van der Waals surface area contributed by atoms with Crippen molar-refractivity contribution in [2.45, 2.75) is 6.61 Å². The van der Waals surface area contributed by atoms with E-state index in [4.69, 9.17) is 27.9 Å². The lowest BCUT2D eigenvalue weighted by atomic mass is 10.2. The van der Waals surface area contributed by atoms with Crippen LogP contribution in [0, 0.1) is 10.1 Å². The summed E-state index contributed by atoms with van der Waals surface area (Å²) in [5, 5.41) is 12.4. The Kier molecular flexibility index (Phi) is 5.28. The van der Waals surface area contributed by atoms with Crippen molar-refractivity contribution in [2.24, 2.45) is 4.99 Å². The van der Waals surface area contributed by atoms with Gasteiger partial charge in [0.2, 0.25) is 0 Å². The standard InChI is InChI=1S/C16H12Cl2N2O3S/c17-13-7-11(16-19-5-6-24-16)8-14(18)15(13)23-9-10-1-3-12(4-2-10)20(21)22/h1-4,7-8H,5-6,9H2. The zero-order valence-corrected chi connectivity index (χ0v) is 14.7. The van der Waals surface area contributed by atoms with Crippen LogP contribution in [0.25, 0.3) is 0 Å². The number of nitro benzene ring substituents is 1. The Morgan fingerprint density at radius 1 is 1.21 bits per heavy atom. The van der Waals surface area contributed by atoms with E-state index in [1.807, 2.05) is 0 Å². The van der Waals surface area contributed by atoms with Crippen LogP contribution in [0.4, 0.5) is 5.69 Å². The Labute approximate surface area is 152 Å². The van der Waals surface area contributed by atoms with Crippen LogP contribution < -0.4 is 4.74 Å². The predicted molar refractivity (Wildman–Crippen MR) is 97.8 cm³/mol. The molecule has 0 N–H and O–H groups in total. The second-order valence-electron chi connectivity index (χ2n) is 5.02. The van der Waals surface area contributed by atoms with Crippen LogP contribution in [0.15, 0.2) is 41.4 Å². The molecule has 2 aromatic carbocycles. The maximum atomic E-state index is 10.6. The smallest absolute Gasteiger partial charge is 0.269 e. The molecule has 5 nitrogen and oxygen atoms in total. The summed E-state index contributed by atoms with van der Waals surface area (Å²) in [5.41, 5.74) is 1.71. The molecule has 0 saturated heterocycles. The van der Waals surface area contributed by atoms with Crippen molar-refractivity contribution in [2.75, 3.05) is 12.3 Å². The minimum Gasteiger partial charge on any atom is -0.486 e. The van der Waals surface area contributed by atoms with Crippen molar-refractivity contribution in [3.05, 3.63) is 67.7 Å². The van der Waals surface area contributed by atoms with E-state index in [2.05, 4.69) is 4.99 Å². The molecule has 2 aromatic rings. The molecule has 1 heterocycles. The Balaban J connectivity index is 1.74. The summed E-state index contributed by atoms with van der Waals surface area (Å²) in [5.74, 6) is 1.35. The van der Waals surface area contributed by atoms with E-state index in [9.17, 15) is 10.1 Å². The molecule has 0 unspecified atom stereocenters. The van der Waals surface area contributed by atoms with E-state index in [-0.39, 0.29) is 12.3 Å². The molecule has 0 amide bonds. The number of rotatable bonds is 5. The van der Waals surface area contributed by atoms with Crippen LogP contribution in [-0.4, -0.2) is 22.3 Å². The van der Waals surface area contributed by atoms with Crippen molar-refractivity contribution < 1.29 is 9.66 Å². The second kappa shape index (κ2) is 7.42. The number of nitro groups is 1. The lowest BCUT2D eigenvalue weighted by Crippen LogP contribution is -1.99. The number of halogens is 2. The molecule has 0 aliphatic carbocycles. The van der Waals surface area contributed by atoms with Crippen LogP contribution in [0.2, 0.25) is 10.0 Å². The molecule has 0 spiro atoms. The molecule has 24 heavy (non-hydrogen) atoms. The summed E-state index contributed by atoms with van der Waals surface area (Å²) in [6, 6.07) is 9.71. The third-order valence-electron chi connectivity index (χ3n) is 3.36. The Bertz CT molecular complexity index is 786. The van der Waals surface area contributed by atoms with Crippen molar-refractivity contribution in [3.63, 3.8) is 0 Å². The van der Waals surface area contributed by atoms with E-state index in [0.717, 1.165) is 28.5 Å². The number of aliphatic imine (C=N–C) groups is 1. The van der Waals surface area contributed by atoms with E-state index in [0.29, 0.717) is 15.8 Å². The molecule has 8 heteroatoms. The predicted octanol–water partition coefficient (Wildman–Crippen LogP) is 4.97. The number of hydrogen-bond donors (Lipinski definition) is 0. The van der Waals surface area contributed by atoms with Gasteiger partial charge in [-0.1, -0.05) is 23.2 Å².